The summed E-state index contributed by atoms with van der Waals surface area (Å²) >= 11 is 3.45. The van der Waals surface area contributed by atoms with Gasteiger partial charge in [-0.05, 0) is 55.3 Å². The molecule has 0 bridgehead atoms. The van der Waals surface area contributed by atoms with E-state index in [0.717, 1.165) is 34.3 Å². The topological polar surface area (TPSA) is 41.1 Å². The fourth-order valence-corrected chi connectivity index (χ4v) is 2.48. The zero-order chi connectivity index (χ0) is 16.7. The number of rotatable bonds is 7. The van der Waals surface area contributed by atoms with Crippen molar-refractivity contribution in [3.63, 3.8) is 0 Å². The average Bonchev–Trinajstić information content (AvgIpc) is 2.52. The third-order valence-electron chi connectivity index (χ3n) is 3.49. The highest BCUT2D eigenvalue weighted by Gasteiger charge is 2.03. The number of aryl methyl sites for hydroxylation is 1. The van der Waals surface area contributed by atoms with Crippen LogP contribution in [0.5, 0.6) is 0 Å². The molecular formula is C18H20BrFN2O. The Hall–Kier alpha value is -1.72. The van der Waals surface area contributed by atoms with Crippen LogP contribution in [0, 0.1) is 12.7 Å². The van der Waals surface area contributed by atoms with Crippen molar-refractivity contribution in [2.45, 2.75) is 19.8 Å². The quantitative estimate of drug-likeness (QED) is 0.713. The molecule has 1 amide bonds. The third-order valence-corrected chi connectivity index (χ3v) is 4.34. The van der Waals surface area contributed by atoms with Gasteiger partial charge in [-0.15, -0.1) is 0 Å². The number of hydrogen-bond donors (Lipinski definition) is 2. The first-order valence-electron chi connectivity index (χ1n) is 7.56. The molecular weight excluding hydrogens is 359 g/mol. The number of benzene rings is 2. The molecule has 0 spiro atoms. The summed E-state index contributed by atoms with van der Waals surface area (Å²) in [6, 6.07) is 12.2. The summed E-state index contributed by atoms with van der Waals surface area (Å²) in [7, 11) is 0. The van der Waals surface area contributed by atoms with Gasteiger partial charge in [0.2, 0.25) is 5.91 Å². The molecule has 23 heavy (non-hydrogen) atoms. The Labute approximate surface area is 144 Å². The zero-order valence-corrected chi connectivity index (χ0v) is 14.6. The molecule has 0 aliphatic heterocycles. The SMILES string of the molecule is Cc1ccc(NC(=O)CCNCCc2ccc(F)cc2)cc1Br. The van der Waals surface area contributed by atoms with E-state index < -0.39 is 0 Å². The molecule has 0 radical (unpaired) electrons. The molecule has 2 aromatic rings. The maximum absolute atomic E-state index is 12.8. The second-order valence-corrected chi connectivity index (χ2v) is 6.24. The molecule has 0 saturated heterocycles. The van der Waals surface area contributed by atoms with E-state index in [1.807, 2.05) is 25.1 Å². The molecule has 0 aliphatic carbocycles. The van der Waals surface area contributed by atoms with Crippen LogP contribution in [0.25, 0.3) is 0 Å². The van der Waals surface area contributed by atoms with Gasteiger partial charge in [-0.1, -0.05) is 34.1 Å². The van der Waals surface area contributed by atoms with E-state index in [1.165, 1.54) is 12.1 Å². The van der Waals surface area contributed by atoms with Crippen LogP contribution >= 0.6 is 15.9 Å². The van der Waals surface area contributed by atoms with E-state index in [2.05, 4.69) is 26.6 Å². The van der Waals surface area contributed by atoms with E-state index in [4.69, 9.17) is 0 Å². The highest BCUT2D eigenvalue weighted by Crippen LogP contribution is 2.20. The molecule has 122 valence electrons. The van der Waals surface area contributed by atoms with Crippen molar-refractivity contribution in [2.24, 2.45) is 0 Å². The largest absolute Gasteiger partial charge is 0.326 e. The van der Waals surface area contributed by atoms with Crippen LogP contribution in [0.4, 0.5) is 10.1 Å². The first-order chi connectivity index (χ1) is 11.0. The maximum Gasteiger partial charge on any atom is 0.225 e. The fourth-order valence-electron chi connectivity index (χ4n) is 2.10. The van der Waals surface area contributed by atoms with E-state index in [1.54, 1.807) is 12.1 Å². The van der Waals surface area contributed by atoms with Gasteiger partial charge in [-0.3, -0.25) is 4.79 Å². The first-order valence-corrected chi connectivity index (χ1v) is 8.35. The van der Waals surface area contributed by atoms with Crippen LogP contribution in [0.3, 0.4) is 0 Å². The molecule has 0 aliphatic rings. The van der Waals surface area contributed by atoms with Crippen LogP contribution < -0.4 is 10.6 Å². The maximum atomic E-state index is 12.8. The van der Waals surface area contributed by atoms with Crippen molar-refractivity contribution in [1.82, 2.24) is 5.32 Å². The first kappa shape index (κ1) is 17.6. The Morgan fingerprint density at radius 3 is 2.57 bits per heavy atom. The smallest absolute Gasteiger partial charge is 0.225 e. The summed E-state index contributed by atoms with van der Waals surface area (Å²) in [5, 5.41) is 6.10. The highest BCUT2D eigenvalue weighted by molar-refractivity contribution is 9.10. The van der Waals surface area contributed by atoms with E-state index >= 15 is 0 Å². The second kappa shape index (κ2) is 8.79. The molecule has 2 N–H and O–H groups in total. The van der Waals surface area contributed by atoms with Gasteiger partial charge in [0, 0.05) is 23.1 Å². The Morgan fingerprint density at radius 2 is 1.87 bits per heavy atom. The lowest BCUT2D eigenvalue weighted by Crippen LogP contribution is -2.23. The average molecular weight is 379 g/mol. The normalized spacial score (nSPS) is 10.6. The Morgan fingerprint density at radius 1 is 1.13 bits per heavy atom. The summed E-state index contributed by atoms with van der Waals surface area (Å²) in [4.78, 5) is 11.9. The van der Waals surface area contributed by atoms with Gasteiger partial charge in [-0.2, -0.15) is 0 Å². The van der Waals surface area contributed by atoms with Gasteiger partial charge < -0.3 is 10.6 Å². The lowest BCUT2D eigenvalue weighted by atomic mass is 10.1. The molecule has 2 aromatic carbocycles. The molecule has 5 heteroatoms. The van der Waals surface area contributed by atoms with Crippen molar-refractivity contribution in [3.05, 3.63) is 63.9 Å². The summed E-state index contributed by atoms with van der Waals surface area (Å²) < 4.78 is 13.8. The van der Waals surface area contributed by atoms with Gasteiger partial charge in [0.15, 0.2) is 0 Å². The van der Waals surface area contributed by atoms with Crippen molar-refractivity contribution in [1.29, 1.82) is 0 Å². The predicted molar refractivity (Wildman–Crippen MR) is 95.1 cm³/mol. The molecule has 0 fully saturated rings. The summed E-state index contributed by atoms with van der Waals surface area (Å²) in [6.45, 7) is 3.37. The third kappa shape index (κ3) is 6.12. The van der Waals surface area contributed by atoms with Gasteiger partial charge in [0.1, 0.15) is 5.82 Å². The summed E-state index contributed by atoms with van der Waals surface area (Å²) in [5.41, 5.74) is 3.00. The molecule has 0 saturated carbocycles. The number of anilines is 1. The molecule has 3 nitrogen and oxygen atoms in total. The highest BCUT2D eigenvalue weighted by atomic mass is 79.9. The Bertz CT molecular complexity index is 659. The lowest BCUT2D eigenvalue weighted by molar-refractivity contribution is -0.116. The number of carbonyl (C=O) groups excluding carboxylic acids is 1. The second-order valence-electron chi connectivity index (χ2n) is 5.39. The summed E-state index contributed by atoms with van der Waals surface area (Å²) in [6.07, 6.45) is 1.22. The van der Waals surface area contributed by atoms with Gasteiger partial charge >= 0.3 is 0 Å². The lowest BCUT2D eigenvalue weighted by Gasteiger charge is -2.08. The van der Waals surface area contributed by atoms with Gasteiger partial charge in [0.05, 0.1) is 0 Å². The number of carbonyl (C=O) groups is 1. The van der Waals surface area contributed by atoms with Crippen LogP contribution in [-0.2, 0) is 11.2 Å². The summed E-state index contributed by atoms with van der Waals surface area (Å²) in [5.74, 6) is -0.240. The van der Waals surface area contributed by atoms with Crippen molar-refractivity contribution in [3.8, 4) is 0 Å². The monoisotopic (exact) mass is 378 g/mol. The van der Waals surface area contributed by atoms with Crippen molar-refractivity contribution < 1.29 is 9.18 Å². The van der Waals surface area contributed by atoms with Gasteiger partial charge in [0.25, 0.3) is 0 Å². The number of amides is 1. The molecule has 2 rings (SSSR count). The van der Waals surface area contributed by atoms with E-state index in [0.29, 0.717) is 13.0 Å². The number of hydrogen-bond acceptors (Lipinski definition) is 2. The van der Waals surface area contributed by atoms with Crippen LogP contribution in [-0.4, -0.2) is 19.0 Å². The minimum atomic E-state index is -0.221. The minimum absolute atomic E-state index is 0.0185. The standard InChI is InChI=1S/C18H20BrFN2O/c1-13-2-7-16(12-17(13)19)22-18(23)9-11-21-10-8-14-3-5-15(20)6-4-14/h2-7,12,21H,8-11H2,1H3,(H,22,23). The molecule has 0 heterocycles. The molecule has 0 aromatic heterocycles. The molecule has 0 unspecified atom stereocenters. The van der Waals surface area contributed by atoms with Crippen LogP contribution in [0.15, 0.2) is 46.9 Å². The van der Waals surface area contributed by atoms with Crippen LogP contribution in [0.2, 0.25) is 0 Å². The van der Waals surface area contributed by atoms with E-state index in [9.17, 15) is 9.18 Å². The fraction of sp³-hybridized carbons (Fsp3) is 0.278. The van der Waals surface area contributed by atoms with Gasteiger partial charge in [-0.25, -0.2) is 4.39 Å². The zero-order valence-electron chi connectivity index (χ0n) is 13.0. The number of nitrogens with one attached hydrogen (secondary N) is 2. The Balaban J connectivity index is 1.64. The minimum Gasteiger partial charge on any atom is -0.326 e. The predicted octanol–water partition coefficient (Wildman–Crippen LogP) is 4.06. The van der Waals surface area contributed by atoms with Crippen LogP contribution in [0.1, 0.15) is 17.5 Å². The number of halogens is 2. The van der Waals surface area contributed by atoms with Crippen molar-refractivity contribution >= 4 is 27.5 Å². The Kier molecular flexibility index (Phi) is 6.74. The van der Waals surface area contributed by atoms with Crippen molar-refractivity contribution in [2.75, 3.05) is 18.4 Å². The molecule has 0 atom stereocenters. The van der Waals surface area contributed by atoms with E-state index in [-0.39, 0.29) is 11.7 Å².